The molecule has 2 heterocycles. The summed E-state index contributed by atoms with van der Waals surface area (Å²) in [6.07, 6.45) is -0.214. The first kappa shape index (κ1) is 31.5. The molecule has 2 atom stereocenters. The molecule has 2 amide bonds. The molecule has 0 radical (unpaired) electrons. The van der Waals surface area contributed by atoms with Gasteiger partial charge in [0.15, 0.2) is 0 Å². The topological polar surface area (TPSA) is 102 Å². The van der Waals surface area contributed by atoms with Gasteiger partial charge in [0.1, 0.15) is 11.4 Å². The molecule has 0 bridgehead atoms. The molecule has 1 saturated carbocycles. The molecule has 1 aromatic carbocycles. The van der Waals surface area contributed by atoms with Crippen LogP contribution in [-0.2, 0) is 11.0 Å². The SMILES string of the molecule is CC(C)NC(=O)C1CCCC1Nc1nc(Nc2ccc(C(=O)N(C(C)C)C3CCN(C)CC3)cc2)ncc1C(F)(F)F. The van der Waals surface area contributed by atoms with E-state index in [1.165, 1.54) is 0 Å². The largest absolute Gasteiger partial charge is 0.421 e. The molecule has 12 heteroatoms. The molecular weight excluding hydrogens is 547 g/mol. The third-order valence-corrected chi connectivity index (χ3v) is 7.96. The number of carbonyl (C=O) groups is 2. The number of amides is 2. The minimum Gasteiger partial charge on any atom is -0.366 e. The molecular formula is C30H42F3N7O2. The number of aromatic nitrogens is 2. The number of nitrogens with zero attached hydrogens (tertiary/aromatic N) is 4. The van der Waals surface area contributed by atoms with E-state index in [9.17, 15) is 22.8 Å². The molecule has 1 aliphatic carbocycles. The van der Waals surface area contributed by atoms with Crippen molar-refractivity contribution in [2.45, 2.75) is 90.1 Å². The molecule has 2 unspecified atom stereocenters. The van der Waals surface area contributed by atoms with Gasteiger partial charge in [0.2, 0.25) is 11.9 Å². The van der Waals surface area contributed by atoms with Crippen LogP contribution in [0.4, 0.5) is 30.6 Å². The Balaban J connectivity index is 1.50. The normalized spacial score (nSPS) is 20.1. The Morgan fingerprint density at radius 1 is 1.02 bits per heavy atom. The summed E-state index contributed by atoms with van der Waals surface area (Å²) in [5, 5.41) is 8.72. The van der Waals surface area contributed by atoms with Crippen LogP contribution in [0.2, 0.25) is 0 Å². The van der Waals surface area contributed by atoms with E-state index < -0.39 is 23.7 Å². The number of anilines is 3. The molecule has 2 aliphatic rings. The summed E-state index contributed by atoms with van der Waals surface area (Å²) in [6, 6.07) is 6.47. The van der Waals surface area contributed by atoms with Crippen LogP contribution < -0.4 is 16.0 Å². The summed E-state index contributed by atoms with van der Waals surface area (Å²) >= 11 is 0. The van der Waals surface area contributed by atoms with Crippen molar-refractivity contribution in [1.82, 2.24) is 25.1 Å². The molecule has 4 rings (SSSR count). The number of rotatable bonds is 9. The van der Waals surface area contributed by atoms with Gasteiger partial charge in [-0.05, 0) is 97.8 Å². The smallest absolute Gasteiger partial charge is 0.366 e. The second-order valence-corrected chi connectivity index (χ2v) is 11.9. The van der Waals surface area contributed by atoms with Crippen LogP contribution in [-0.4, -0.2) is 75.9 Å². The van der Waals surface area contributed by atoms with Crippen LogP contribution in [0.5, 0.6) is 0 Å². The molecule has 1 saturated heterocycles. The zero-order valence-electron chi connectivity index (χ0n) is 25.0. The predicted octanol–water partition coefficient (Wildman–Crippen LogP) is 5.29. The highest BCUT2D eigenvalue weighted by molar-refractivity contribution is 5.95. The average Bonchev–Trinajstić information content (AvgIpc) is 3.37. The number of likely N-dealkylation sites (tertiary alicyclic amines) is 1. The maximum absolute atomic E-state index is 13.8. The molecule has 3 N–H and O–H groups in total. The van der Waals surface area contributed by atoms with Crippen LogP contribution in [0.1, 0.15) is 75.7 Å². The molecule has 2 fully saturated rings. The van der Waals surface area contributed by atoms with E-state index in [-0.39, 0.29) is 41.7 Å². The van der Waals surface area contributed by atoms with E-state index in [0.717, 1.165) is 38.5 Å². The van der Waals surface area contributed by atoms with Gasteiger partial charge in [0, 0.05) is 41.6 Å². The summed E-state index contributed by atoms with van der Waals surface area (Å²) in [4.78, 5) is 38.4. The molecule has 230 valence electrons. The van der Waals surface area contributed by atoms with Gasteiger partial charge in [-0.15, -0.1) is 0 Å². The van der Waals surface area contributed by atoms with Crippen molar-refractivity contribution in [1.29, 1.82) is 0 Å². The first-order valence-electron chi connectivity index (χ1n) is 14.7. The van der Waals surface area contributed by atoms with Gasteiger partial charge in [0.05, 0.1) is 5.92 Å². The van der Waals surface area contributed by atoms with Crippen molar-refractivity contribution < 1.29 is 22.8 Å². The summed E-state index contributed by atoms with van der Waals surface area (Å²) in [6.45, 7) is 9.62. The van der Waals surface area contributed by atoms with Gasteiger partial charge in [0.25, 0.3) is 5.91 Å². The third-order valence-electron chi connectivity index (χ3n) is 7.96. The van der Waals surface area contributed by atoms with Crippen molar-refractivity contribution in [3.05, 3.63) is 41.6 Å². The minimum absolute atomic E-state index is 0.0270. The van der Waals surface area contributed by atoms with Gasteiger partial charge >= 0.3 is 6.18 Å². The van der Waals surface area contributed by atoms with Crippen LogP contribution in [0.15, 0.2) is 30.5 Å². The molecule has 9 nitrogen and oxygen atoms in total. The summed E-state index contributed by atoms with van der Waals surface area (Å²) in [5.74, 6) is -1.07. The highest BCUT2D eigenvalue weighted by atomic mass is 19.4. The lowest BCUT2D eigenvalue weighted by atomic mass is 10.0. The van der Waals surface area contributed by atoms with Crippen LogP contribution in [0, 0.1) is 5.92 Å². The van der Waals surface area contributed by atoms with Gasteiger partial charge < -0.3 is 25.8 Å². The molecule has 1 aromatic heterocycles. The summed E-state index contributed by atoms with van der Waals surface area (Å²) in [7, 11) is 2.08. The van der Waals surface area contributed by atoms with Crippen molar-refractivity contribution >= 4 is 29.3 Å². The average molecular weight is 590 g/mol. The number of hydrogen-bond donors (Lipinski definition) is 3. The van der Waals surface area contributed by atoms with Crippen molar-refractivity contribution in [2.24, 2.45) is 5.92 Å². The van der Waals surface area contributed by atoms with Gasteiger partial charge in [-0.3, -0.25) is 9.59 Å². The number of piperidine rings is 1. The highest BCUT2D eigenvalue weighted by Gasteiger charge is 2.39. The standard InChI is InChI=1S/C30H42F3N7O2/c1-18(2)35-27(41)23-7-6-8-25(23)37-26-24(30(31,32)33)17-34-29(38-26)36-21-11-9-20(10-12-21)28(42)40(19(3)4)22-13-15-39(5)16-14-22/h9-12,17-19,22-23,25H,6-8,13-16H2,1-5H3,(H,35,41)(H2,34,36,37,38). The van der Waals surface area contributed by atoms with Gasteiger partial charge in [-0.2, -0.15) is 18.2 Å². The third kappa shape index (κ3) is 7.70. The van der Waals surface area contributed by atoms with Crippen LogP contribution in [0.25, 0.3) is 0 Å². The van der Waals surface area contributed by atoms with Crippen LogP contribution >= 0.6 is 0 Å². The van der Waals surface area contributed by atoms with E-state index in [2.05, 4.69) is 37.9 Å². The lowest BCUT2D eigenvalue weighted by molar-refractivity contribution is -0.137. The predicted molar refractivity (Wildman–Crippen MR) is 157 cm³/mol. The monoisotopic (exact) mass is 589 g/mol. The Hall–Kier alpha value is -3.41. The maximum atomic E-state index is 13.8. The maximum Gasteiger partial charge on any atom is 0.421 e. The number of nitrogens with one attached hydrogen (secondary N) is 3. The quantitative estimate of drug-likeness (QED) is 0.365. The number of alkyl halides is 3. The number of benzene rings is 1. The van der Waals surface area contributed by atoms with E-state index >= 15 is 0 Å². The highest BCUT2D eigenvalue weighted by Crippen LogP contribution is 2.37. The lowest BCUT2D eigenvalue weighted by Crippen LogP contribution is -2.49. The van der Waals surface area contributed by atoms with Crippen molar-refractivity contribution in [3.63, 3.8) is 0 Å². The fourth-order valence-electron chi connectivity index (χ4n) is 5.84. The Bertz CT molecular complexity index is 1230. The Labute approximate surface area is 245 Å². The van der Waals surface area contributed by atoms with E-state index in [0.29, 0.717) is 24.1 Å². The first-order valence-corrected chi connectivity index (χ1v) is 14.7. The second-order valence-electron chi connectivity index (χ2n) is 11.9. The number of halogens is 3. The number of hydrogen-bond acceptors (Lipinski definition) is 7. The Kier molecular flexibility index (Phi) is 9.96. The molecule has 0 spiro atoms. The van der Waals surface area contributed by atoms with Crippen LogP contribution in [0.3, 0.4) is 0 Å². The summed E-state index contributed by atoms with van der Waals surface area (Å²) < 4.78 is 41.5. The minimum atomic E-state index is -4.67. The first-order chi connectivity index (χ1) is 19.8. The van der Waals surface area contributed by atoms with E-state index in [4.69, 9.17) is 0 Å². The molecule has 2 aromatic rings. The second kappa shape index (κ2) is 13.3. The van der Waals surface area contributed by atoms with E-state index in [1.54, 1.807) is 24.3 Å². The number of carbonyl (C=O) groups excluding carboxylic acids is 2. The lowest BCUT2D eigenvalue weighted by Gasteiger charge is -2.39. The zero-order chi connectivity index (χ0) is 30.6. The fourth-order valence-corrected chi connectivity index (χ4v) is 5.84. The molecule has 42 heavy (non-hydrogen) atoms. The Morgan fingerprint density at radius 3 is 2.29 bits per heavy atom. The zero-order valence-corrected chi connectivity index (χ0v) is 25.0. The molecule has 1 aliphatic heterocycles. The van der Waals surface area contributed by atoms with E-state index in [1.807, 2.05) is 32.6 Å². The Morgan fingerprint density at radius 2 is 1.69 bits per heavy atom. The van der Waals surface area contributed by atoms with Crippen molar-refractivity contribution in [2.75, 3.05) is 30.8 Å². The van der Waals surface area contributed by atoms with Gasteiger partial charge in [-0.25, -0.2) is 4.98 Å². The summed E-state index contributed by atoms with van der Waals surface area (Å²) in [5.41, 5.74) is 0.0742. The van der Waals surface area contributed by atoms with Gasteiger partial charge in [-0.1, -0.05) is 6.42 Å². The fraction of sp³-hybridized carbons (Fsp3) is 0.600. The van der Waals surface area contributed by atoms with Crippen molar-refractivity contribution in [3.8, 4) is 0 Å².